The molecule has 2 atom stereocenters. The van der Waals surface area contributed by atoms with Crippen LogP contribution in [0.5, 0.6) is 0 Å². The van der Waals surface area contributed by atoms with Gasteiger partial charge in [0.1, 0.15) is 6.04 Å². The number of nitrogens with one attached hydrogen (secondary N) is 1. The third-order valence-electron chi connectivity index (χ3n) is 2.56. The molecule has 1 amide bonds. The molecule has 1 aliphatic carbocycles. The maximum atomic E-state index is 13.0. The molecule has 5 heteroatoms. The number of hydrogen-bond donors (Lipinski definition) is 1. The first-order valence-electron chi connectivity index (χ1n) is 5.02. The van der Waals surface area contributed by atoms with Gasteiger partial charge in [-0.25, -0.2) is 8.78 Å². The molecular weight excluding hydrogens is 202 g/mol. The van der Waals surface area contributed by atoms with Crippen LogP contribution in [0.25, 0.3) is 0 Å². The average Bonchev–Trinajstić information content (AvgIpc) is 2.16. The van der Waals surface area contributed by atoms with Crippen molar-refractivity contribution in [2.24, 2.45) is 5.92 Å². The highest BCUT2D eigenvalue weighted by Gasteiger charge is 2.39. The van der Waals surface area contributed by atoms with Crippen LogP contribution in [0.1, 0.15) is 32.6 Å². The molecule has 0 aromatic rings. The number of rotatable bonds is 2. The third-order valence-corrected chi connectivity index (χ3v) is 2.56. The van der Waals surface area contributed by atoms with Crippen molar-refractivity contribution in [2.75, 3.05) is 0 Å². The summed E-state index contributed by atoms with van der Waals surface area (Å²) < 4.78 is 26.0. The predicted octanol–water partition coefficient (Wildman–Crippen LogP) is 1.84. The van der Waals surface area contributed by atoms with Crippen molar-refractivity contribution in [3.05, 3.63) is 0 Å². The maximum absolute atomic E-state index is 13.0. The minimum absolute atomic E-state index is 0.134. The Balaban J connectivity index is 2.50. The molecule has 1 unspecified atom stereocenters. The van der Waals surface area contributed by atoms with Gasteiger partial charge in [-0.3, -0.25) is 4.79 Å². The number of carbonyl (C=O) groups excluding carboxylic acids is 1. The smallest absolute Gasteiger partial charge is 0.248 e. The molecule has 0 saturated heterocycles. The highest BCUT2D eigenvalue weighted by molar-refractivity contribution is 5.79. The van der Waals surface area contributed by atoms with Gasteiger partial charge in [0.05, 0.1) is 6.07 Å². The lowest BCUT2D eigenvalue weighted by molar-refractivity contribution is -0.132. The van der Waals surface area contributed by atoms with E-state index < -0.39 is 30.2 Å². The quantitative estimate of drug-likeness (QED) is 0.765. The van der Waals surface area contributed by atoms with Crippen molar-refractivity contribution in [2.45, 2.75) is 44.6 Å². The van der Waals surface area contributed by atoms with Crippen LogP contribution in [0, 0.1) is 17.2 Å². The summed E-state index contributed by atoms with van der Waals surface area (Å²) in [5, 5.41) is 10.9. The summed E-state index contributed by atoms with van der Waals surface area (Å²) in [6, 6.07) is 1.22. The van der Waals surface area contributed by atoms with Gasteiger partial charge in [-0.2, -0.15) is 5.26 Å². The van der Waals surface area contributed by atoms with Crippen LogP contribution in [-0.4, -0.2) is 17.9 Å². The fourth-order valence-electron chi connectivity index (χ4n) is 1.76. The molecule has 0 aromatic heterocycles. The molecular formula is C10H14F2N2O. The third kappa shape index (κ3) is 3.46. The van der Waals surface area contributed by atoms with Crippen LogP contribution < -0.4 is 5.32 Å². The average molecular weight is 216 g/mol. The number of alkyl halides is 2. The molecule has 84 valence electrons. The first-order chi connectivity index (χ1) is 6.94. The SMILES string of the molecule is C[C@@H](C#N)NC(=O)C1CCCC(F)(F)C1. The molecule has 15 heavy (non-hydrogen) atoms. The van der Waals surface area contributed by atoms with Gasteiger partial charge in [0.15, 0.2) is 0 Å². The molecule has 1 rings (SSSR count). The van der Waals surface area contributed by atoms with E-state index in [4.69, 9.17) is 5.26 Å². The van der Waals surface area contributed by atoms with Crippen LogP contribution in [0.3, 0.4) is 0 Å². The van der Waals surface area contributed by atoms with E-state index in [1.54, 1.807) is 0 Å². The molecule has 1 fully saturated rings. The molecule has 1 N–H and O–H groups in total. The van der Waals surface area contributed by atoms with Gasteiger partial charge in [0, 0.05) is 18.8 Å². The van der Waals surface area contributed by atoms with Crippen LogP contribution in [0.15, 0.2) is 0 Å². The lowest BCUT2D eigenvalue weighted by Crippen LogP contribution is -2.40. The summed E-state index contributed by atoms with van der Waals surface area (Å²) in [7, 11) is 0. The Kier molecular flexibility index (Phi) is 3.61. The van der Waals surface area contributed by atoms with E-state index in [1.165, 1.54) is 6.92 Å². The van der Waals surface area contributed by atoms with Crippen LogP contribution >= 0.6 is 0 Å². The Morgan fingerprint density at radius 2 is 2.33 bits per heavy atom. The summed E-state index contributed by atoms with van der Waals surface area (Å²) in [6.07, 6.45) is 0.327. The zero-order valence-electron chi connectivity index (χ0n) is 8.59. The fraction of sp³-hybridized carbons (Fsp3) is 0.800. The van der Waals surface area contributed by atoms with Crippen molar-refractivity contribution in [3.8, 4) is 6.07 Å². The van der Waals surface area contributed by atoms with Crippen LogP contribution in [0.4, 0.5) is 8.78 Å². The lowest BCUT2D eigenvalue weighted by Gasteiger charge is -2.28. The van der Waals surface area contributed by atoms with E-state index in [0.29, 0.717) is 12.8 Å². The van der Waals surface area contributed by atoms with E-state index in [9.17, 15) is 13.6 Å². The molecule has 0 aliphatic heterocycles. The fourth-order valence-corrected chi connectivity index (χ4v) is 1.76. The number of nitrogens with zero attached hydrogens (tertiary/aromatic N) is 1. The number of halogens is 2. The highest BCUT2D eigenvalue weighted by Crippen LogP contribution is 2.36. The molecule has 0 heterocycles. The topological polar surface area (TPSA) is 52.9 Å². The number of carbonyl (C=O) groups is 1. The number of amides is 1. The second-order valence-corrected chi connectivity index (χ2v) is 4.01. The Morgan fingerprint density at radius 1 is 1.67 bits per heavy atom. The Morgan fingerprint density at radius 3 is 2.87 bits per heavy atom. The molecule has 0 bridgehead atoms. The molecule has 0 radical (unpaired) electrons. The molecule has 1 aliphatic rings. The van der Waals surface area contributed by atoms with Crippen LogP contribution in [0.2, 0.25) is 0 Å². The van der Waals surface area contributed by atoms with Gasteiger partial charge in [-0.15, -0.1) is 0 Å². The van der Waals surface area contributed by atoms with Gasteiger partial charge in [-0.1, -0.05) is 0 Å². The van der Waals surface area contributed by atoms with Crippen molar-refractivity contribution < 1.29 is 13.6 Å². The van der Waals surface area contributed by atoms with Crippen molar-refractivity contribution in [1.29, 1.82) is 5.26 Å². The molecule has 0 aromatic carbocycles. The minimum Gasteiger partial charge on any atom is -0.340 e. The highest BCUT2D eigenvalue weighted by atomic mass is 19.3. The van der Waals surface area contributed by atoms with E-state index >= 15 is 0 Å². The van der Waals surface area contributed by atoms with E-state index in [0.717, 1.165) is 0 Å². The standard InChI is InChI=1S/C10H14F2N2O/c1-7(6-13)14-9(15)8-3-2-4-10(11,12)5-8/h7-8H,2-5H2,1H3,(H,14,15)/t7-,8?/m0/s1. The van der Waals surface area contributed by atoms with E-state index in [2.05, 4.69) is 5.32 Å². The maximum Gasteiger partial charge on any atom is 0.248 e. The number of hydrogen-bond acceptors (Lipinski definition) is 2. The minimum atomic E-state index is -2.73. The molecule has 0 spiro atoms. The summed E-state index contributed by atoms with van der Waals surface area (Å²) in [4.78, 5) is 11.5. The van der Waals surface area contributed by atoms with Crippen molar-refractivity contribution in [1.82, 2.24) is 5.32 Å². The summed E-state index contributed by atoms with van der Waals surface area (Å²) in [5.41, 5.74) is 0. The summed E-state index contributed by atoms with van der Waals surface area (Å²) in [5.74, 6) is -3.80. The summed E-state index contributed by atoms with van der Waals surface area (Å²) >= 11 is 0. The second kappa shape index (κ2) is 4.56. The van der Waals surface area contributed by atoms with E-state index in [1.807, 2.05) is 6.07 Å². The summed E-state index contributed by atoms with van der Waals surface area (Å²) in [6.45, 7) is 1.53. The largest absolute Gasteiger partial charge is 0.340 e. The van der Waals surface area contributed by atoms with E-state index in [-0.39, 0.29) is 6.42 Å². The Labute approximate surface area is 87.5 Å². The van der Waals surface area contributed by atoms with Gasteiger partial charge in [0.2, 0.25) is 11.8 Å². The monoisotopic (exact) mass is 216 g/mol. The molecule has 1 saturated carbocycles. The van der Waals surface area contributed by atoms with Crippen molar-refractivity contribution in [3.63, 3.8) is 0 Å². The first-order valence-corrected chi connectivity index (χ1v) is 5.02. The predicted molar refractivity (Wildman–Crippen MR) is 50.1 cm³/mol. The second-order valence-electron chi connectivity index (χ2n) is 4.01. The van der Waals surface area contributed by atoms with Gasteiger partial charge in [-0.05, 0) is 19.8 Å². The first kappa shape index (κ1) is 11.9. The van der Waals surface area contributed by atoms with Gasteiger partial charge in [0.25, 0.3) is 0 Å². The van der Waals surface area contributed by atoms with Crippen molar-refractivity contribution >= 4 is 5.91 Å². The molecule has 3 nitrogen and oxygen atoms in total. The normalized spacial score (nSPS) is 26.4. The zero-order valence-corrected chi connectivity index (χ0v) is 8.59. The number of nitriles is 1. The van der Waals surface area contributed by atoms with Gasteiger partial charge < -0.3 is 5.32 Å². The van der Waals surface area contributed by atoms with Gasteiger partial charge >= 0.3 is 0 Å². The Bertz CT molecular complexity index is 286. The Hall–Kier alpha value is -1.18. The lowest BCUT2D eigenvalue weighted by atomic mass is 9.86. The zero-order chi connectivity index (χ0) is 11.5. The van der Waals surface area contributed by atoms with Crippen LogP contribution in [-0.2, 0) is 4.79 Å².